The molecule has 0 aromatic heterocycles. The van der Waals surface area contributed by atoms with E-state index in [1.165, 1.54) is 19.3 Å². The first-order chi connectivity index (χ1) is 6.25. The van der Waals surface area contributed by atoms with E-state index < -0.39 is 0 Å². The molecule has 0 radical (unpaired) electrons. The summed E-state index contributed by atoms with van der Waals surface area (Å²) in [4.78, 5) is 11.7. The quantitative estimate of drug-likeness (QED) is 0.668. The van der Waals surface area contributed by atoms with E-state index in [-0.39, 0.29) is 5.92 Å². The van der Waals surface area contributed by atoms with Gasteiger partial charge in [-0.2, -0.15) is 0 Å². The lowest BCUT2D eigenvalue weighted by Gasteiger charge is -2.25. The lowest BCUT2D eigenvalue weighted by molar-refractivity contribution is -0.124. The zero-order chi connectivity index (χ0) is 9.26. The van der Waals surface area contributed by atoms with Crippen molar-refractivity contribution in [2.24, 2.45) is 11.8 Å². The fraction of sp³-hybridized carbons (Fsp3) is 0.909. The molecule has 2 aliphatic rings. The van der Waals surface area contributed by atoms with Crippen molar-refractivity contribution in [1.82, 2.24) is 0 Å². The Labute approximate surface area is 79.7 Å². The SMILES string of the molecule is CC1CC(C(=O)CC2CCC2)CO1. The minimum absolute atomic E-state index is 0.218. The third-order valence-corrected chi connectivity index (χ3v) is 3.37. The van der Waals surface area contributed by atoms with E-state index in [9.17, 15) is 4.79 Å². The number of carbonyl (C=O) groups excluding carboxylic acids is 1. The topological polar surface area (TPSA) is 26.3 Å². The average Bonchev–Trinajstić information content (AvgIpc) is 2.44. The van der Waals surface area contributed by atoms with Crippen LogP contribution in [0.25, 0.3) is 0 Å². The van der Waals surface area contributed by atoms with Crippen LogP contribution in [0, 0.1) is 11.8 Å². The van der Waals surface area contributed by atoms with Gasteiger partial charge in [0.15, 0.2) is 0 Å². The molecule has 1 heterocycles. The van der Waals surface area contributed by atoms with Crippen molar-refractivity contribution in [3.8, 4) is 0 Å². The number of hydrogen-bond donors (Lipinski definition) is 0. The zero-order valence-electron chi connectivity index (χ0n) is 8.29. The molecule has 0 N–H and O–H groups in total. The third kappa shape index (κ3) is 2.11. The molecular formula is C11H18O2. The lowest BCUT2D eigenvalue weighted by Crippen LogP contribution is -2.22. The van der Waals surface area contributed by atoms with Crippen LogP contribution in [0.1, 0.15) is 39.0 Å². The minimum atomic E-state index is 0.218. The molecule has 74 valence electrons. The average molecular weight is 182 g/mol. The van der Waals surface area contributed by atoms with Gasteiger partial charge in [0.25, 0.3) is 0 Å². The highest BCUT2D eigenvalue weighted by Gasteiger charge is 2.30. The largest absolute Gasteiger partial charge is 0.378 e. The maximum absolute atomic E-state index is 11.7. The van der Waals surface area contributed by atoms with Crippen LogP contribution in [0.3, 0.4) is 0 Å². The number of rotatable bonds is 3. The van der Waals surface area contributed by atoms with Crippen LogP contribution in [0.4, 0.5) is 0 Å². The van der Waals surface area contributed by atoms with Crippen LogP contribution in [-0.2, 0) is 9.53 Å². The maximum atomic E-state index is 11.7. The molecule has 2 atom stereocenters. The molecule has 2 fully saturated rings. The van der Waals surface area contributed by atoms with Gasteiger partial charge < -0.3 is 4.74 Å². The predicted octanol–water partition coefficient (Wildman–Crippen LogP) is 2.17. The molecule has 1 saturated carbocycles. The normalized spacial score (nSPS) is 34.5. The van der Waals surface area contributed by atoms with Crippen molar-refractivity contribution in [1.29, 1.82) is 0 Å². The van der Waals surface area contributed by atoms with Crippen LogP contribution < -0.4 is 0 Å². The van der Waals surface area contributed by atoms with Gasteiger partial charge in [-0.1, -0.05) is 19.3 Å². The lowest BCUT2D eigenvalue weighted by atomic mass is 9.79. The first-order valence-electron chi connectivity index (χ1n) is 5.40. The van der Waals surface area contributed by atoms with Crippen molar-refractivity contribution in [2.75, 3.05) is 6.61 Å². The molecule has 2 nitrogen and oxygen atoms in total. The molecule has 1 saturated heterocycles. The molecule has 2 unspecified atom stereocenters. The van der Waals surface area contributed by atoms with Crippen molar-refractivity contribution < 1.29 is 9.53 Å². The van der Waals surface area contributed by atoms with Crippen LogP contribution in [0.2, 0.25) is 0 Å². The second-order valence-electron chi connectivity index (χ2n) is 4.54. The zero-order valence-corrected chi connectivity index (χ0v) is 8.29. The number of Topliss-reactive ketones (excluding diaryl/α,β-unsaturated/α-hetero) is 1. The standard InChI is InChI=1S/C11H18O2/c1-8-5-10(7-13-8)11(12)6-9-3-2-4-9/h8-10H,2-7H2,1H3. The van der Waals surface area contributed by atoms with Gasteiger partial charge in [-0.15, -0.1) is 0 Å². The number of ketones is 1. The number of hydrogen-bond acceptors (Lipinski definition) is 2. The van der Waals surface area contributed by atoms with Gasteiger partial charge in [-0.3, -0.25) is 4.79 Å². The molecule has 0 bridgehead atoms. The molecule has 0 amide bonds. The van der Waals surface area contributed by atoms with Crippen LogP contribution in [0.15, 0.2) is 0 Å². The van der Waals surface area contributed by atoms with Gasteiger partial charge in [-0.25, -0.2) is 0 Å². The smallest absolute Gasteiger partial charge is 0.138 e. The predicted molar refractivity (Wildman–Crippen MR) is 50.5 cm³/mol. The summed E-state index contributed by atoms with van der Waals surface area (Å²) < 4.78 is 5.40. The molecule has 2 heteroatoms. The van der Waals surface area contributed by atoms with Crippen molar-refractivity contribution in [3.63, 3.8) is 0 Å². The summed E-state index contributed by atoms with van der Waals surface area (Å²) in [6.07, 6.45) is 5.95. The Balaban J connectivity index is 1.76. The maximum Gasteiger partial charge on any atom is 0.138 e. The first kappa shape index (κ1) is 9.20. The second kappa shape index (κ2) is 3.79. The van der Waals surface area contributed by atoms with Crippen molar-refractivity contribution in [3.05, 3.63) is 0 Å². The van der Waals surface area contributed by atoms with E-state index in [1.807, 2.05) is 0 Å². The molecule has 2 rings (SSSR count). The summed E-state index contributed by atoms with van der Waals surface area (Å²) in [6.45, 7) is 2.73. The summed E-state index contributed by atoms with van der Waals surface area (Å²) in [5.41, 5.74) is 0. The van der Waals surface area contributed by atoms with Gasteiger partial charge in [0.05, 0.1) is 12.7 Å². The van der Waals surface area contributed by atoms with Crippen molar-refractivity contribution >= 4 is 5.78 Å². The fourth-order valence-corrected chi connectivity index (χ4v) is 2.19. The summed E-state index contributed by atoms with van der Waals surface area (Å²) >= 11 is 0. The van der Waals surface area contributed by atoms with E-state index >= 15 is 0 Å². The summed E-state index contributed by atoms with van der Waals surface area (Å²) in [6, 6.07) is 0. The Bertz CT molecular complexity index is 196. The van der Waals surface area contributed by atoms with Crippen LogP contribution >= 0.6 is 0 Å². The Morgan fingerprint density at radius 1 is 1.46 bits per heavy atom. The molecule has 1 aliphatic heterocycles. The summed E-state index contributed by atoms with van der Waals surface area (Å²) in [5.74, 6) is 1.38. The van der Waals surface area contributed by atoms with Crippen molar-refractivity contribution in [2.45, 2.75) is 45.1 Å². The van der Waals surface area contributed by atoms with E-state index in [0.717, 1.165) is 12.8 Å². The molecule has 0 aromatic rings. The third-order valence-electron chi connectivity index (χ3n) is 3.37. The van der Waals surface area contributed by atoms with Gasteiger partial charge in [-0.05, 0) is 19.3 Å². The Kier molecular flexibility index (Phi) is 2.68. The van der Waals surface area contributed by atoms with E-state index in [4.69, 9.17) is 4.74 Å². The van der Waals surface area contributed by atoms with E-state index in [1.54, 1.807) is 0 Å². The first-order valence-corrected chi connectivity index (χ1v) is 5.40. The van der Waals surface area contributed by atoms with Gasteiger partial charge in [0, 0.05) is 12.3 Å². The monoisotopic (exact) mass is 182 g/mol. The highest BCUT2D eigenvalue weighted by Crippen LogP contribution is 2.32. The molecule has 1 aliphatic carbocycles. The van der Waals surface area contributed by atoms with Gasteiger partial charge in [0.1, 0.15) is 5.78 Å². The fourth-order valence-electron chi connectivity index (χ4n) is 2.19. The van der Waals surface area contributed by atoms with Gasteiger partial charge >= 0.3 is 0 Å². The Hall–Kier alpha value is -0.370. The molecular weight excluding hydrogens is 164 g/mol. The Morgan fingerprint density at radius 2 is 2.23 bits per heavy atom. The minimum Gasteiger partial charge on any atom is -0.378 e. The molecule has 13 heavy (non-hydrogen) atoms. The Morgan fingerprint density at radius 3 is 2.69 bits per heavy atom. The van der Waals surface area contributed by atoms with Crippen LogP contribution in [0.5, 0.6) is 0 Å². The number of ether oxygens (including phenoxy) is 1. The molecule has 0 aromatic carbocycles. The van der Waals surface area contributed by atoms with E-state index in [0.29, 0.717) is 24.4 Å². The summed E-state index contributed by atoms with van der Waals surface area (Å²) in [5, 5.41) is 0. The number of carbonyl (C=O) groups is 1. The van der Waals surface area contributed by atoms with Gasteiger partial charge in [0.2, 0.25) is 0 Å². The highest BCUT2D eigenvalue weighted by molar-refractivity contribution is 5.81. The summed E-state index contributed by atoms with van der Waals surface area (Å²) in [7, 11) is 0. The molecule has 0 spiro atoms. The van der Waals surface area contributed by atoms with E-state index in [2.05, 4.69) is 6.92 Å². The highest BCUT2D eigenvalue weighted by atomic mass is 16.5. The van der Waals surface area contributed by atoms with Crippen LogP contribution in [-0.4, -0.2) is 18.5 Å². The second-order valence-corrected chi connectivity index (χ2v) is 4.54.